The van der Waals surface area contributed by atoms with E-state index in [1.54, 1.807) is 13.2 Å². The molecule has 0 aliphatic carbocycles. The number of nitrogens with zero attached hydrogens (tertiary/aromatic N) is 2. The van der Waals surface area contributed by atoms with Crippen molar-refractivity contribution in [1.82, 2.24) is 10.2 Å². The lowest BCUT2D eigenvalue weighted by molar-refractivity contribution is 0.0600. The molecule has 0 bridgehead atoms. The first kappa shape index (κ1) is 12.3. The summed E-state index contributed by atoms with van der Waals surface area (Å²) in [6, 6.07) is 1.62. The van der Waals surface area contributed by atoms with Gasteiger partial charge >= 0.3 is 5.97 Å². The summed E-state index contributed by atoms with van der Waals surface area (Å²) >= 11 is 0. The Hall–Kier alpha value is -1.75. The maximum Gasteiger partial charge on any atom is 0.339 e. The predicted molar refractivity (Wildman–Crippen MR) is 58.9 cm³/mol. The van der Waals surface area contributed by atoms with Gasteiger partial charge in [-0.25, -0.2) is 4.79 Å². The molecule has 0 spiro atoms. The molecule has 1 aromatic rings. The van der Waals surface area contributed by atoms with Crippen molar-refractivity contribution in [3.8, 4) is 0 Å². The van der Waals surface area contributed by atoms with Gasteiger partial charge in [0, 0.05) is 7.11 Å². The molecular weight excluding hydrogens is 208 g/mol. The van der Waals surface area contributed by atoms with Crippen molar-refractivity contribution in [2.75, 3.05) is 20.8 Å². The molecule has 0 saturated carbocycles. The van der Waals surface area contributed by atoms with Crippen LogP contribution in [0.2, 0.25) is 0 Å². The molecule has 0 aliphatic rings. The van der Waals surface area contributed by atoms with Crippen LogP contribution >= 0.6 is 0 Å². The van der Waals surface area contributed by atoms with Crippen LogP contribution in [0.15, 0.2) is 17.8 Å². The van der Waals surface area contributed by atoms with Gasteiger partial charge < -0.3 is 9.47 Å². The van der Waals surface area contributed by atoms with Gasteiger partial charge in [-0.15, -0.1) is 0 Å². The Kier molecular flexibility index (Phi) is 4.60. The summed E-state index contributed by atoms with van der Waals surface area (Å²) in [5, 5.41) is 7.62. The van der Waals surface area contributed by atoms with E-state index in [2.05, 4.69) is 14.9 Å². The molecule has 0 atom stereocenters. The van der Waals surface area contributed by atoms with Gasteiger partial charge in [-0.1, -0.05) is 0 Å². The van der Waals surface area contributed by atoms with E-state index in [1.807, 2.05) is 13.0 Å². The molecule has 1 rings (SSSR count). The fourth-order valence-corrected chi connectivity index (χ4v) is 1.20. The number of hydrogen-bond acceptors (Lipinski definition) is 5. The molecule has 1 aromatic heterocycles. The zero-order chi connectivity index (χ0) is 12.0. The molecule has 5 nitrogen and oxygen atoms in total. The highest BCUT2D eigenvalue weighted by Gasteiger charge is 2.06. The van der Waals surface area contributed by atoms with E-state index in [-0.39, 0.29) is 0 Å². The number of rotatable bonds is 4. The molecule has 0 aliphatic heterocycles. The fraction of sp³-hybridized carbons (Fsp3) is 0.364. The van der Waals surface area contributed by atoms with Gasteiger partial charge in [0.05, 0.1) is 31.2 Å². The Morgan fingerprint density at radius 1 is 1.50 bits per heavy atom. The normalized spacial score (nSPS) is 11.3. The molecule has 0 N–H and O–H groups in total. The maximum absolute atomic E-state index is 11.2. The standard InChI is InChI=1S/C11H14N2O3/c1-8(7-15-2)4-10-5-9(6-12-13-10)11(14)16-3/h4-6H,7H2,1-3H3/b8-4-. The Morgan fingerprint density at radius 2 is 2.25 bits per heavy atom. The third kappa shape index (κ3) is 3.43. The zero-order valence-electron chi connectivity index (χ0n) is 9.56. The molecule has 1 heterocycles. The summed E-state index contributed by atoms with van der Waals surface area (Å²) in [4.78, 5) is 11.2. The summed E-state index contributed by atoms with van der Waals surface area (Å²) < 4.78 is 9.56. The van der Waals surface area contributed by atoms with Crippen molar-refractivity contribution in [2.24, 2.45) is 0 Å². The van der Waals surface area contributed by atoms with Gasteiger partial charge in [-0.2, -0.15) is 10.2 Å². The van der Waals surface area contributed by atoms with Crippen LogP contribution in [0.1, 0.15) is 23.0 Å². The molecule has 16 heavy (non-hydrogen) atoms. The van der Waals surface area contributed by atoms with E-state index in [4.69, 9.17) is 4.74 Å². The molecule has 86 valence electrons. The van der Waals surface area contributed by atoms with Gasteiger partial charge in [-0.3, -0.25) is 0 Å². The summed E-state index contributed by atoms with van der Waals surface area (Å²) in [6.45, 7) is 2.43. The Balaban J connectivity index is 2.90. The topological polar surface area (TPSA) is 61.3 Å². The second kappa shape index (κ2) is 5.97. The van der Waals surface area contributed by atoms with E-state index in [0.29, 0.717) is 17.9 Å². The van der Waals surface area contributed by atoms with Crippen LogP contribution in [0.3, 0.4) is 0 Å². The first-order valence-electron chi connectivity index (χ1n) is 4.74. The van der Waals surface area contributed by atoms with Crippen LogP contribution in [0, 0.1) is 0 Å². The monoisotopic (exact) mass is 222 g/mol. The Labute approximate surface area is 94.1 Å². The van der Waals surface area contributed by atoms with Crippen LogP contribution in [0.5, 0.6) is 0 Å². The van der Waals surface area contributed by atoms with Gasteiger partial charge in [-0.05, 0) is 24.6 Å². The van der Waals surface area contributed by atoms with E-state index in [1.165, 1.54) is 13.3 Å². The summed E-state index contributed by atoms with van der Waals surface area (Å²) in [6.07, 6.45) is 3.18. The Morgan fingerprint density at radius 3 is 2.88 bits per heavy atom. The highest BCUT2D eigenvalue weighted by Crippen LogP contribution is 2.06. The molecule has 0 fully saturated rings. The van der Waals surface area contributed by atoms with Gasteiger partial charge in [0.1, 0.15) is 0 Å². The van der Waals surface area contributed by atoms with Crippen molar-refractivity contribution < 1.29 is 14.3 Å². The molecule has 0 saturated heterocycles. The van der Waals surface area contributed by atoms with E-state index in [0.717, 1.165) is 5.57 Å². The highest BCUT2D eigenvalue weighted by molar-refractivity contribution is 5.89. The van der Waals surface area contributed by atoms with Crippen LogP contribution in [-0.4, -0.2) is 37.0 Å². The van der Waals surface area contributed by atoms with Crippen molar-refractivity contribution in [3.05, 3.63) is 29.1 Å². The van der Waals surface area contributed by atoms with E-state index >= 15 is 0 Å². The molecule has 0 unspecified atom stereocenters. The number of aromatic nitrogens is 2. The smallest absolute Gasteiger partial charge is 0.339 e. The third-order valence-electron chi connectivity index (χ3n) is 1.86. The molecular formula is C11H14N2O3. The molecule has 0 aromatic carbocycles. The van der Waals surface area contributed by atoms with Gasteiger partial charge in [0.2, 0.25) is 0 Å². The molecule has 0 radical (unpaired) electrons. The van der Waals surface area contributed by atoms with E-state index < -0.39 is 5.97 Å². The largest absolute Gasteiger partial charge is 0.465 e. The number of carbonyl (C=O) groups excluding carboxylic acids is 1. The number of methoxy groups -OCH3 is 2. The minimum absolute atomic E-state index is 0.383. The number of ether oxygens (including phenoxy) is 2. The first-order valence-corrected chi connectivity index (χ1v) is 4.74. The lowest BCUT2D eigenvalue weighted by atomic mass is 10.2. The van der Waals surface area contributed by atoms with Crippen molar-refractivity contribution >= 4 is 12.0 Å². The minimum atomic E-state index is -0.422. The van der Waals surface area contributed by atoms with E-state index in [9.17, 15) is 4.79 Å². The van der Waals surface area contributed by atoms with Crippen molar-refractivity contribution in [3.63, 3.8) is 0 Å². The number of esters is 1. The van der Waals surface area contributed by atoms with Crippen molar-refractivity contribution in [2.45, 2.75) is 6.92 Å². The summed E-state index contributed by atoms with van der Waals surface area (Å²) in [5.74, 6) is -0.422. The lowest BCUT2D eigenvalue weighted by Crippen LogP contribution is -2.03. The average Bonchev–Trinajstić information content (AvgIpc) is 2.28. The number of carbonyl (C=O) groups is 1. The second-order valence-electron chi connectivity index (χ2n) is 3.28. The minimum Gasteiger partial charge on any atom is -0.465 e. The highest BCUT2D eigenvalue weighted by atomic mass is 16.5. The lowest BCUT2D eigenvalue weighted by Gasteiger charge is -2.00. The predicted octanol–water partition coefficient (Wildman–Crippen LogP) is 1.31. The van der Waals surface area contributed by atoms with Crippen LogP contribution in [0.4, 0.5) is 0 Å². The quantitative estimate of drug-likeness (QED) is 0.719. The fourth-order valence-electron chi connectivity index (χ4n) is 1.20. The van der Waals surface area contributed by atoms with Crippen LogP contribution in [0.25, 0.3) is 6.08 Å². The number of hydrogen-bond donors (Lipinski definition) is 0. The van der Waals surface area contributed by atoms with Gasteiger partial charge in [0.25, 0.3) is 0 Å². The molecule has 5 heteroatoms. The molecule has 0 amide bonds. The third-order valence-corrected chi connectivity index (χ3v) is 1.86. The zero-order valence-corrected chi connectivity index (χ0v) is 9.56. The first-order chi connectivity index (χ1) is 7.67. The Bertz CT molecular complexity index is 402. The van der Waals surface area contributed by atoms with Crippen LogP contribution < -0.4 is 0 Å². The second-order valence-corrected chi connectivity index (χ2v) is 3.28. The van der Waals surface area contributed by atoms with Crippen molar-refractivity contribution in [1.29, 1.82) is 0 Å². The maximum atomic E-state index is 11.2. The summed E-state index contributed by atoms with van der Waals surface area (Å²) in [7, 11) is 2.95. The summed E-state index contributed by atoms with van der Waals surface area (Å²) in [5.41, 5.74) is 1.99. The van der Waals surface area contributed by atoms with Crippen LogP contribution in [-0.2, 0) is 9.47 Å². The SMILES string of the molecule is COC/C(C)=C\c1cc(C(=O)OC)cnn1. The van der Waals surface area contributed by atoms with Gasteiger partial charge in [0.15, 0.2) is 0 Å². The average molecular weight is 222 g/mol.